The number of nitrogens with zero attached hydrogens (tertiary/aromatic N) is 4. The predicted molar refractivity (Wildman–Crippen MR) is 101 cm³/mol. The van der Waals surface area contributed by atoms with Crippen molar-refractivity contribution in [3.8, 4) is 5.95 Å². The molecule has 3 rings (SSSR count). The smallest absolute Gasteiger partial charge is 0.354 e. The maximum absolute atomic E-state index is 12.8. The number of nitrogens with one attached hydrogen (secondary N) is 2. The standard InChI is InChI=1S/C17H20N6O4S/c1-17(2,3)13-9-14(23(21-13)16-18-6-5-7-19-16)22-28(25,26)11-8-12(20-10-11)15(24)27-4/h5-10,20,22H,1-4H3. The van der Waals surface area contributed by atoms with Crippen LogP contribution in [0.1, 0.15) is 37.0 Å². The Hall–Kier alpha value is -3.21. The van der Waals surface area contributed by atoms with Crippen molar-refractivity contribution in [2.45, 2.75) is 31.1 Å². The normalized spacial score (nSPS) is 12.0. The zero-order chi connectivity index (χ0) is 20.5. The second-order valence-corrected chi connectivity index (χ2v) is 8.65. The highest BCUT2D eigenvalue weighted by atomic mass is 32.2. The van der Waals surface area contributed by atoms with Crippen LogP contribution in [-0.4, -0.2) is 46.2 Å². The highest BCUT2D eigenvalue weighted by Gasteiger charge is 2.25. The van der Waals surface area contributed by atoms with Gasteiger partial charge in [0.05, 0.1) is 12.8 Å². The van der Waals surface area contributed by atoms with Gasteiger partial charge in [-0.25, -0.2) is 23.2 Å². The molecule has 0 saturated heterocycles. The van der Waals surface area contributed by atoms with E-state index >= 15 is 0 Å². The molecule has 3 aromatic rings. The Kier molecular flexibility index (Phi) is 4.94. The van der Waals surface area contributed by atoms with Crippen LogP contribution in [0.5, 0.6) is 0 Å². The number of aromatic nitrogens is 5. The summed E-state index contributed by atoms with van der Waals surface area (Å²) in [7, 11) is -2.79. The van der Waals surface area contributed by atoms with E-state index in [2.05, 4.69) is 29.5 Å². The second kappa shape index (κ2) is 7.08. The molecule has 10 nitrogen and oxygen atoms in total. The van der Waals surface area contributed by atoms with Gasteiger partial charge < -0.3 is 9.72 Å². The fourth-order valence-electron chi connectivity index (χ4n) is 2.33. The summed E-state index contributed by atoms with van der Waals surface area (Å²) in [6, 6.07) is 4.47. The minimum Gasteiger partial charge on any atom is -0.464 e. The first-order chi connectivity index (χ1) is 13.1. The van der Waals surface area contributed by atoms with Crippen molar-refractivity contribution >= 4 is 21.8 Å². The number of hydrogen-bond donors (Lipinski definition) is 2. The number of carbonyl (C=O) groups is 1. The molecule has 148 valence electrons. The first-order valence-corrected chi connectivity index (χ1v) is 9.77. The summed E-state index contributed by atoms with van der Waals surface area (Å²) >= 11 is 0. The van der Waals surface area contributed by atoms with Crippen LogP contribution < -0.4 is 4.72 Å². The lowest BCUT2D eigenvalue weighted by Crippen LogP contribution is -2.16. The summed E-state index contributed by atoms with van der Waals surface area (Å²) in [5.74, 6) is -0.267. The Labute approximate surface area is 162 Å². The number of esters is 1. The van der Waals surface area contributed by atoms with Crippen LogP contribution in [0.4, 0.5) is 5.82 Å². The van der Waals surface area contributed by atoms with Gasteiger partial charge in [0.1, 0.15) is 16.4 Å². The Morgan fingerprint density at radius 2 is 1.89 bits per heavy atom. The van der Waals surface area contributed by atoms with Crippen molar-refractivity contribution in [1.82, 2.24) is 24.7 Å². The van der Waals surface area contributed by atoms with Crippen LogP contribution in [0.15, 0.2) is 41.7 Å². The van der Waals surface area contributed by atoms with Crippen LogP contribution in [-0.2, 0) is 20.2 Å². The Morgan fingerprint density at radius 1 is 1.21 bits per heavy atom. The molecule has 0 radical (unpaired) electrons. The molecule has 0 fully saturated rings. The Bertz CT molecular complexity index is 1100. The number of rotatable bonds is 5. The van der Waals surface area contributed by atoms with Crippen molar-refractivity contribution in [3.63, 3.8) is 0 Å². The van der Waals surface area contributed by atoms with E-state index in [1.807, 2.05) is 20.8 Å². The van der Waals surface area contributed by atoms with Gasteiger partial charge in [-0.2, -0.15) is 9.78 Å². The predicted octanol–water partition coefficient (Wildman–Crippen LogP) is 1.88. The SMILES string of the molecule is COC(=O)c1cc(S(=O)(=O)Nc2cc(C(C)(C)C)nn2-c2ncccn2)c[nH]1. The summed E-state index contributed by atoms with van der Waals surface area (Å²) in [5.41, 5.74) is 0.354. The highest BCUT2D eigenvalue weighted by Crippen LogP contribution is 2.27. The van der Waals surface area contributed by atoms with Gasteiger partial charge >= 0.3 is 5.97 Å². The molecule has 0 saturated carbocycles. The van der Waals surface area contributed by atoms with E-state index in [-0.39, 0.29) is 27.8 Å². The molecule has 0 aromatic carbocycles. The lowest BCUT2D eigenvalue weighted by atomic mass is 9.92. The average molecular weight is 404 g/mol. The summed E-state index contributed by atoms with van der Waals surface area (Å²) in [5, 5.41) is 4.46. The van der Waals surface area contributed by atoms with Gasteiger partial charge in [-0.15, -0.1) is 0 Å². The zero-order valence-corrected chi connectivity index (χ0v) is 16.6. The molecule has 0 unspecified atom stereocenters. The zero-order valence-electron chi connectivity index (χ0n) is 15.8. The third-order valence-corrected chi connectivity index (χ3v) is 5.16. The highest BCUT2D eigenvalue weighted by molar-refractivity contribution is 7.92. The van der Waals surface area contributed by atoms with Gasteiger partial charge in [0.25, 0.3) is 16.0 Å². The average Bonchev–Trinajstić information content (AvgIpc) is 3.29. The molecule has 11 heteroatoms. The van der Waals surface area contributed by atoms with E-state index in [9.17, 15) is 13.2 Å². The fourth-order valence-corrected chi connectivity index (χ4v) is 3.35. The van der Waals surface area contributed by atoms with E-state index < -0.39 is 16.0 Å². The largest absolute Gasteiger partial charge is 0.464 e. The molecule has 28 heavy (non-hydrogen) atoms. The number of carbonyl (C=O) groups excluding carboxylic acids is 1. The van der Waals surface area contributed by atoms with Crippen LogP contribution in [0, 0.1) is 0 Å². The Morgan fingerprint density at radius 3 is 2.50 bits per heavy atom. The summed E-state index contributed by atoms with van der Waals surface area (Å²) in [4.78, 5) is 22.3. The van der Waals surface area contributed by atoms with Gasteiger partial charge in [-0.05, 0) is 12.1 Å². The molecule has 0 aliphatic carbocycles. The molecule has 3 heterocycles. The van der Waals surface area contributed by atoms with Gasteiger partial charge in [0.2, 0.25) is 0 Å². The maximum Gasteiger partial charge on any atom is 0.354 e. The first-order valence-electron chi connectivity index (χ1n) is 8.29. The fraction of sp³-hybridized carbons (Fsp3) is 0.294. The van der Waals surface area contributed by atoms with E-state index in [0.717, 1.165) is 0 Å². The van der Waals surface area contributed by atoms with Crippen LogP contribution >= 0.6 is 0 Å². The van der Waals surface area contributed by atoms with Crippen molar-refractivity contribution in [3.05, 3.63) is 48.2 Å². The monoisotopic (exact) mass is 404 g/mol. The third-order valence-electron chi connectivity index (χ3n) is 3.83. The number of anilines is 1. The van der Waals surface area contributed by atoms with Gasteiger partial charge in [-0.3, -0.25) is 4.72 Å². The third kappa shape index (κ3) is 3.88. The lowest BCUT2D eigenvalue weighted by molar-refractivity contribution is 0.0594. The second-order valence-electron chi connectivity index (χ2n) is 6.97. The molecular weight excluding hydrogens is 384 g/mol. The van der Waals surface area contributed by atoms with Crippen LogP contribution in [0.3, 0.4) is 0 Å². The lowest BCUT2D eigenvalue weighted by Gasteiger charge is -2.13. The van der Waals surface area contributed by atoms with Crippen molar-refractivity contribution in [2.75, 3.05) is 11.8 Å². The number of aromatic amines is 1. The van der Waals surface area contributed by atoms with Crippen LogP contribution in [0.2, 0.25) is 0 Å². The molecule has 0 aliphatic heterocycles. The molecule has 0 bridgehead atoms. The summed E-state index contributed by atoms with van der Waals surface area (Å²) < 4.78 is 34.0. The molecular formula is C17H20N6O4S. The molecule has 0 spiro atoms. The first kappa shape index (κ1) is 19.5. The number of H-pyrrole nitrogens is 1. The number of methoxy groups -OCH3 is 1. The summed E-state index contributed by atoms with van der Waals surface area (Å²) in [6.07, 6.45) is 4.28. The minimum atomic E-state index is -4.00. The Balaban J connectivity index is 2.02. The van der Waals surface area contributed by atoms with Gasteiger partial charge in [0, 0.05) is 30.1 Å². The van der Waals surface area contributed by atoms with E-state index in [0.29, 0.717) is 5.69 Å². The number of sulfonamides is 1. The minimum absolute atomic E-state index is 0.0261. The van der Waals surface area contributed by atoms with Gasteiger partial charge in [0.15, 0.2) is 0 Å². The van der Waals surface area contributed by atoms with Crippen molar-refractivity contribution in [2.24, 2.45) is 0 Å². The quantitative estimate of drug-likeness (QED) is 0.620. The molecule has 0 atom stereocenters. The topological polar surface area (TPSA) is 132 Å². The molecule has 0 aliphatic rings. The molecule has 2 N–H and O–H groups in total. The van der Waals surface area contributed by atoms with Gasteiger partial charge in [-0.1, -0.05) is 20.8 Å². The molecule has 0 amide bonds. The van der Waals surface area contributed by atoms with E-state index in [1.165, 1.54) is 36.4 Å². The number of ether oxygens (including phenoxy) is 1. The summed E-state index contributed by atoms with van der Waals surface area (Å²) in [6.45, 7) is 5.87. The van der Waals surface area contributed by atoms with E-state index in [1.54, 1.807) is 12.1 Å². The van der Waals surface area contributed by atoms with Crippen molar-refractivity contribution in [1.29, 1.82) is 0 Å². The van der Waals surface area contributed by atoms with Crippen LogP contribution in [0.25, 0.3) is 5.95 Å². The number of hydrogen-bond acceptors (Lipinski definition) is 7. The van der Waals surface area contributed by atoms with E-state index in [4.69, 9.17) is 0 Å². The maximum atomic E-state index is 12.8. The molecule has 3 aromatic heterocycles. The van der Waals surface area contributed by atoms with Crippen molar-refractivity contribution < 1.29 is 17.9 Å².